The van der Waals surface area contributed by atoms with Gasteiger partial charge in [0.25, 0.3) is 5.91 Å². The first-order valence-electron chi connectivity index (χ1n) is 9.45. The third kappa shape index (κ3) is 5.96. The fourth-order valence-corrected chi connectivity index (χ4v) is 3.10. The standard InChI is InChI=1S/C22H30N2O4/c1-14(2)28-15(3)11-17-7-9-20(26-5)18(12-17)13-23-22(25)19-8-10-21(27-6)24-16(19)4/h7-10,12,14-15H,11,13H2,1-6H3,(H,23,25). The lowest BCUT2D eigenvalue weighted by Gasteiger charge is -2.17. The number of aromatic nitrogens is 1. The largest absolute Gasteiger partial charge is 0.496 e. The smallest absolute Gasteiger partial charge is 0.253 e. The molecule has 1 atom stereocenters. The van der Waals surface area contributed by atoms with Crippen molar-refractivity contribution in [1.82, 2.24) is 10.3 Å². The Balaban J connectivity index is 2.09. The summed E-state index contributed by atoms with van der Waals surface area (Å²) in [5.74, 6) is 1.05. The molecule has 6 heteroatoms. The second kappa shape index (κ2) is 10.1. The molecule has 0 fully saturated rings. The van der Waals surface area contributed by atoms with Crippen molar-refractivity contribution in [2.75, 3.05) is 14.2 Å². The van der Waals surface area contributed by atoms with E-state index in [1.165, 1.54) is 0 Å². The summed E-state index contributed by atoms with van der Waals surface area (Å²) in [7, 11) is 3.18. The van der Waals surface area contributed by atoms with Gasteiger partial charge in [-0.3, -0.25) is 4.79 Å². The molecule has 28 heavy (non-hydrogen) atoms. The van der Waals surface area contributed by atoms with Gasteiger partial charge >= 0.3 is 0 Å². The fourth-order valence-electron chi connectivity index (χ4n) is 3.10. The summed E-state index contributed by atoms with van der Waals surface area (Å²) in [6, 6.07) is 9.41. The Morgan fingerprint density at radius 2 is 1.86 bits per heavy atom. The van der Waals surface area contributed by atoms with E-state index in [1.54, 1.807) is 33.3 Å². The lowest BCUT2D eigenvalue weighted by Crippen LogP contribution is -2.24. The van der Waals surface area contributed by atoms with E-state index >= 15 is 0 Å². The predicted molar refractivity (Wildman–Crippen MR) is 109 cm³/mol. The Morgan fingerprint density at radius 3 is 2.46 bits per heavy atom. The molecule has 0 bridgehead atoms. The SMILES string of the molecule is COc1ccc(C(=O)NCc2cc(CC(C)OC(C)C)ccc2OC)c(C)n1. The first kappa shape index (κ1) is 21.7. The Hall–Kier alpha value is -2.60. The van der Waals surface area contributed by atoms with Crippen LogP contribution in [0, 0.1) is 6.92 Å². The Kier molecular flexibility index (Phi) is 7.81. The van der Waals surface area contributed by atoms with Gasteiger partial charge in [-0.05, 0) is 51.8 Å². The molecule has 1 heterocycles. The van der Waals surface area contributed by atoms with Gasteiger partial charge in [0, 0.05) is 18.2 Å². The number of carbonyl (C=O) groups excluding carboxylic acids is 1. The van der Waals surface area contributed by atoms with Crippen molar-refractivity contribution in [3.05, 3.63) is 52.7 Å². The summed E-state index contributed by atoms with van der Waals surface area (Å²) >= 11 is 0. The van der Waals surface area contributed by atoms with Crippen molar-refractivity contribution in [3.8, 4) is 11.6 Å². The number of rotatable bonds is 9. The van der Waals surface area contributed by atoms with E-state index in [9.17, 15) is 4.79 Å². The van der Waals surface area contributed by atoms with Crippen LogP contribution in [0.2, 0.25) is 0 Å². The van der Waals surface area contributed by atoms with Crippen LogP contribution in [0.5, 0.6) is 11.6 Å². The highest BCUT2D eigenvalue weighted by Crippen LogP contribution is 2.22. The molecule has 2 rings (SSSR count). The van der Waals surface area contributed by atoms with Gasteiger partial charge in [0.1, 0.15) is 5.75 Å². The molecular formula is C22H30N2O4. The zero-order valence-corrected chi connectivity index (χ0v) is 17.5. The van der Waals surface area contributed by atoms with E-state index in [2.05, 4.69) is 23.3 Å². The number of methoxy groups -OCH3 is 2. The predicted octanol–water partition coefficient (Wildman–Crippen LogP) is 3.69. The third-order valence-corrected chi connectivity index (χ3v) is 4.33. The summed E-state index contributed by atoms with van der Waals surface area (Å²) in [6.07, 6.45) is 1.10. The van der Waals surface area contributed by atoms with E-state index in [4.69, 9.17) is 14.2 Å². The van der Waals surface area contributed by atoms with E-state index in [0.29, 0.717) is 23.7 Å². The van der Waals surface area contributed by atoms with E-state index in [1.807, 2.05) is 26.0 Å². The van der Waals surface area contributed by atoms with Crippen molar-refractivity contribution in [2.24, 2.45) is 0 Å². The van der Waals surface area contributed by atoms with Crippen LogP contribution < -0.4 is 14.8 Å². The molecule has 0 spiro atoms. The second-order valence-electron chi connectivity index (χ2n) is 7.02. The Morgan fingerprint density at radius 1 is 1.11 bits per heavy atom. The summed E-state index contributed by atoms with van der Waals surface area (Å²) in [4.78, 5) is 16.8. The molecule has 152 valence electrons. The number of ether oxygens (including phenoxy) is 3. The first-order chi connectivity index (χ1) is 13.3. The average Bonchev–Trinajstić information content (AvgIpc) is 2.65. The molecule has 0 saturated carbocycles. The van der Waals surface area contributed by atoms with Crippen molar-refractivity contribution in [1.29, 1.82) is 0 Å². The molecule has 1 aromatic carbocycles. The highest BCUT2D eigenvalue weighted by molar-refractivity contribution is 5.95. The van der Waals surface area contributed by atoms with Crippen LogP contribution in [-0.2, 0) is 17.7 Å². The molecule has 2 aromatic rings. The fraction of sp³-hybridized carbons (Fsp3) is 0.455. The zero-order chi connectivity index (χ0) is 20.7. The molecule has 1 amide bonds. The van der Waals surface area contributed by atoms with Crippen LogP contribution in [0.1, 0.15) is 48.0 Å². The van der Waals surface area contributed by atoms with Gasteiger partial charge in [-0.1, -0.05) is 12.1 Å². The van der Waals surface area contributed by atoms with Gasteiger partial charge in [0.15, 0.2) is 0 Å². The summed E-state index contributed by atoms with van der Waals surface area (Å²) in [5.41, 5.74) is 3.21. The number of hydrogen-bond donors (Lipinski definition) is 1. The lowest BCUT2D eigenvalue weighted by atomic mass is 10.0. The zero-order valence-electron chi connectivity index (χ0n) is 17.5. The molecule has 0 aliphatic rings. The van der Waals surface area contributed by atoms with Crippen molar-refractivity contribution >= 4 is 5.91 Å². The normalized spacial score (nSPS) is 12.0. The van der Waals surface area contributed by atoms with Crippen LogP contribution in [0.4, 0.5) is 0 Å². The lowest BCUT2D eigenvalue weighted by molar-refractivity contribution is 0.0194. The molecule has 0 aliphatic carbocycles. The van der Waals surface area contributed by atoms with Gasteiger partial charge < -0.3 is 19.5 Å². The molecule has 1 unspecified atom stereocenters. The maximum absolute atomic E-state index is 12.6. The number of pyridine rings is 1. The minimum atomic E-state index is -0.184. The van der Waals surface area contributed by atoms with Gasteiger partial charge in [-0.2, -0.15) is 0 Å². The topological polar surface area (TPSA) is 69.7 Å². The first-order valence-corrected chi connectivity index (χ1v) is 9.45. The van der Waals surface area contributed by atoms with Crippen LogP contribution >= 0.6 is 0 Å². The maximum Gasteiger partial charge on any atom is 0.253 e. The molecule has 0 aliphatic heterocycles. The molecule has 1 N–H and O–H groups in total. The van der Waals surface area contributed by atoms with Gasteiger partial charge in [0.2, 0.25) is 5.88 Å². The molecule has 0 saturated heterocycles. The van der Waals surface area contributed by atoms with E-state index < -0.39 is 0 Å². The number of carbonyl (C=O) groups is 1. The minimum absolute atomic E-state index is 0.115. The molecule has 0 radical (unpaired) electrons. The average molecular weight is 386 g/mol. The highest BCUT2D eigenvalue weighted by Gasteiger charge is 2.13. The Bertz CT molecular complexity index is 805. The van der Waals surface area contributed by atoms with Crippen molar-refractivity contribution in [2.45, 2.75) is 52.9 Å². The summed E-state index contributed by atoms with van der Waals surface area (Å²) < 4.78 is 16.4. The number of benzene rings is 1. The number of nitrogens with zero attached hydrogens (tertiary/aromatic N) is 1. The summed E-state index contributed by atoms with van der Waals surface area (Å²) in [5, 5.41) is 2.95. The highest BCUT2D eigenvalue weighted by atomic mass is 16.5. The molecule has 1 aromatic heterocycles. The number of hydrogen-bond acceptors (Lipinski definition) is 5. The monoisotopic (exact) mass is 386 g/mol. The van der Waals surface area contributed by atoms with Crippen LogP contribution in [0.3, 0.4) is 0 Å². The van der Waals surface area contributed by atoms with E-state index in [0.717, 1.165) is 23.3 Å². The van der Waals surface area contributed by atoms with Crippen LogP contribution in [-0.4, -0.2) is 37.3 Å². The molecular weight excluding hydrogens is 356 g/mol. The van der Waals surface area contributed by atoms with Crippen molar-refractivity contribution in [3.63, 3.8) is 0 Å². The summed E-state index contributed by atoms with van der Waals surface area (Å²) in [6.45, 7) is 8.27. The number of nitrogens with one attached hydrogen (secondary N) is 1. The third-order valence-electron chi connectivity index (χ3n) is 4.33. The Labute approximate surface area is 167 Å². The second-order valence-corrected chi connectivity index (χ2v) is 7.02. The molecule has 6 nitrogen and oxygen atoms in total. The number of amides is 1. The maximum atomic E-state index is 12.6. The van der Waals surface area contributed by atoms with E-state index in [-0.39, 0.29) is 18.1 Å². The quantitative estimate of drug-likeness (QED) is 0.712. The van der Waals surface area contributed by atoms with Gasteiger partial charge in [-0.25, -0.2) is 4.98 Å². The number of aryl methyl sites for hydroxylation is 1. The van der Waals surface area contributed by atoms with Crippen molar-refractivity contribution < 1.29 is 19.0 Å². The minimum Gasteiger partial charge on any atom is -0.496 e. The van der Waals surface area contributed by atoms with Gasteiger partial charge in [-0.15, -0.1) is 0 Å². The van der Waals surface area contributed by atoms with Crippen LogP contribution in [0.15, 0.2) is 30.3 Å². The van der Waals surface area contributed by atoms with Gasteiger partial charge in [0.05, 0.1) is 37.7 Å². The van der Waals surface area contributed by atoms with Crippen LogP contribution in [0.25, 0.3) is 0 Å².